The van der Waals surface area contributed by atoms with Gasteiger partial charge in [0.2, 0.25) is 0 Å². The van der Waals surface area contributed by atoms with Crippen molar-refractivity contribution in [1.29, 1.82) is 0 Å². The second-order valence-corrected chi connectivity index (χ2v) is 9.46. The molecule has 2 aromatic rings. The number of hydrogen-bond donors (Lipinski definition) is 0. The molecular formula is C19H12Cl6O4. The molecule has 1 fully saturated rings. The van der Waals surface area contributed by atoms with Crippen molar-refractivity contribution < 1.29 is 19.1 Å². The van der Waals surface area contributed by atoms with Gasteiger partial charge in [-0.2, -0.15) is 0 Å². The zero-order valence-electron chi connectivity index (χ0n) is 14.4. The second kappa shape index (κ2) is 9.09. The number of halogens is 6. The van der Waals surface area contributed by atoms with Crippen LogP contribution in [0.25, 0.3) is 0 Å². The van der Waals surface area contributed by atoms with Gasteiger partial charge in [0.05, 0.1) is 34.4 Å². The van der Waals surface area contributed by atoms with E-state index in [4.69, 9.17) is 79.1 Å². The SMILES string of the molecule is O=C(OC[C@@H]1[C@H](COC(=O)c2ccc(Cl)cc2Cl)C1(Cl)Cl)c1ccc(Cl)cc1Cl. The summed E-state index contributed by atoms with van der Waals surface area (Å²) >= 11 is 36.1. The molecule has 3 rings (SSSR count). The number of esters is 2. The first-order valence-electron chi connectivity index (χ1n) is 8.23. The van der Waals surface area contributed by atoms with Crippen LogP contribution in [0.2, 0.25) is 20.1 Å². The largest absolute Gasteiger partial charge is 0.462 e. The lowest BCUT2D eigenvalue weighted by atomic mass is 10.2. The molecule has 0 saturated heterocycles. The second-order valence-electron chi connectivity index (χ2n) is 6.33. The van der Waals surface area contributed by atoms with E-state index in [1.54, 1.807) is 0 Å². The Balaban J connectivity index is 1.54. The lowest BCUT2D eigenvalue weighted by Crippen LogP contribution is -2.12. The molecule has 0 heterocycles. The minimum atomic E-state index is -1.19. The molecule has 0 amide bonds. The Hall–Kier alpha value is -0.880. The van der Waals surface area contributed by atoms with Crippen molar-refractivity contribution in [2.45, 2.75) is 4.33 Å². The number of carbonyl (C=O) groups excluding carboxylic acids is 2. The van der Waals surface area contributed by atoms with Crippen LogP contribution in [-0.2, 0) is 9.47 Å². The summed E-state index contributed by atoms with van der Waals surface area (Å²) in [5.74, 6) is -2.08. The molecule has 0 unspecified atom stereocenters. The van der Waals surface area contributed by atoms with E-state index >= 15 is 0 Å². The quantitative estimate of drug-likeness (QED) is 0.315. The molecule has 1 saturated carbocycles. The van der Waals surface area contributed by atoms with Gasteiger partial charge in [0, 0.05) is 21.9 Å². The summed E-state index contributed by atoms with van der Waals surface area (Å²) < 4.78 is 9.32. The third-order valence-electron chi connectivity index (χ3n) is 4.46. The topological polar surface area (TPSA) is 52.6 Å². The molecule has 154 valence electrons. The molecular weight excluding hydrogens is 505 g/mol. The van der Waals surface area contributed by atoms with Crippen LogP contribution in [-0.4, -0.2) is 29.5 Å². The summed E-state index contributed by atoms with van der Waals surface area (Å²) in [5, 5.41) is 1.15. The van der Waals surface area contributed by atoms with Gasteiger partial charge in [-0.1, -0.05) is 46.4 Å². The highest BCUT2D eigenvalue weighted by Crippen LogP contribution is 2.59. The van der Waals surface area contributed by atoms with Crippen molar-refractivity contribution in [3.8, 4) is 0 Å². The molecule has 2 aromatic carbocycles. The molecule has 0 spiro atoms. The molecule has 0 N–H and O–H groups in total. The Kier molecular flexibility index (Phi) is 7.14. The van der Waals surface area contributed by atoms with E-state index in [0.29, 0.717) is 10.0 Å². The zero-order valence-corrected chi connectivity index (χ0v) is 19.0. The van der Waals surface area contributed by atoms with Crippen molar-refractivity contribution >= 4 is 81.5 Å². The van der Waals surface area contributed by atoms with Gasteiger partial charge in [-0.05, 0) is 36.4 Å². The Morgan fingerprint density at radius 2 is 1.14 bits per heavy atom. The first-order valence-corrected chi connectivity index (χ1v) is 10.5. The predicted octanol–water partition coefficient (Wildman–Crippen LogP) is 6.73. The summed E-state index contributed by atoms with van der Waals surface area (Å²) in [6, 6.07) is 8.85. The van der Waals surface area contributed by atoms with Crippen LogP contribution in [0, 0.1) is 11.8 Å². The molecule has 1 aliphatic carbocycles. The third-order valence-corrected chi connectivity index (χ3v) is 6.67. The average molecular weight is 517 g/mol. The lowest BCUT2D eigenvalue weighted by molar-refractivity contribution is 0.0419. The van der Waals surface area contributed by atoms with E-state index in [-0.39, 0.29) is 34.4 Å². The van der Waals surface area contributed by atoms with E-state index in [9.17, 15) is 9.59 Å². The maximum atomic E-state index is 12.2. The maximum Gasteiger partial charge on any atom is 0.339 e. The van der Waals surface area contributed by atoms with Crippen LogP contribution in [0.3, 0.4) is 0 Å². The molecule has 4 nitrogen and oxygen atoms in total. The average Bonchev–Trinajstić information content (AvgIpc) is 3.16. The van der Waals surface area contributed by atoms with Crippen molar-refractivity contribution in [3.63, 3.8) is 0 Å². The van der Waals surface area contributed by atoms with Gasteiger partial charge in [-0.25, -0.2) is 9.59 Å². The molecule has 1 aliphatic rings. The molecule has 0 aromatic heterocycles. The van der Waals surface area contributed by atoms with Crippen LogP contribution < -0.4 is 0 Å². The van der Waals surface area contributed by atoms with Crippen LogP contribution in [0.15, 0.2) is 36.4 Å². The first-order chi connectivity index (χ1) is 13.6. The summed E-state index contributed by atoms with van der Waals surface area (Å²) in [5.41, 5.74) is 0.346. The predicted molar refractivity (Wildman–Crippen MR) is 115 cm³/mol. The zero-order chi connectivity index (χ0) is 21.3. The highest BCUT2D eigenvalue weighted by Gasteiger charge is 2.64. The fourth-order valence-corrected chi connectivity index (χ4v) is 4.42. The highest BCUT2D eigenvalue weighted by atomic mass is 35.5. The number of ether oxygens (including phenoxy) is 2. The molecule has 10 heteroatoms. The highest BCUT2D eigenvalue weighted by molar-refractivity contribution is 6.51. The van der Waals surface area contributed by atoms with Crippen molar-refractivity contribution in [3.05, 3.63) is 67.6 Å². The van der Waals surface area contributed by atoms with Crippen molar-refractivity contribution in [2.75, 3.05) is 13.2 Å². The van der Waals surface area contributed by atoms with Crippen molar-refractivity contribution in [2.24, 2.45) is 11.8 Å². The standard InChI is InChI=1S/C19H12Cl6O4/c20-9-1-3-11(15(22)5-9)17(26)28-7-13-14(19(13,24)25)8-29-18(27)12-4-2-10(21)6-16(12)23/h1-6,13-14H,7-8H2/t13-,14+. The number of alkyl halides is 2. The van der Waals surface area contributed by atoms with Crippen molar-refractivity contribution in [1.82, 2.24) is 0 Å². The van der Waals surface area contributed by atoms with E-state index in [0.717, 1.165) is 0 Å². The summed E-state index contributed by atoms with van der Waals surface area (Å²) in [4.78, 5) is 24.4. The maximum absolute atomic E-state index is 12.2. The fraction of sp³-hybridized carbons (Fsp3) is 0.263. The first kappa shape index (κ1) is 22.8. The number of rotatable bonds is 6. The monoisotopic (exact) mass is 514 g/mol. The van der Waals surface area contributed by atoms with E-state index in [1.165, 1.54) is 36.4 Å². The van der Waals surface area contributed by atoms with Gasteiger partial charge in [0.15, 0.2) is 0 Å². The lowest BCUT2D eigenvalue weighted by Gasteiger charge is -2.07. The minimum absolute atomic E-state index is 0.0608. The van der Waals surface area contributed by atoms with Gasteiger partial charge in [-0.15, -0.1) is 23.2 Å². The van der Waals surface area contributed by atoms with Crippen LogP contribution >= 0.6 is 69.6 Å². The molecule has 2 atom stereocenters. The van der Waals surface area contributed by atoms with Gasteiger partial charge in [0.25, 0.3) is 0 Å². The van der Waals surface area contributed by atoms with E-state index < -0.39 is 28.1 Å². The third kappa shape index (κ3) is 5.25. The molecule has 0 radical (unpaired) electrons. The van der Waals surface area contributed by atoms with Crippen LogP contribution in [0.4, 0.5) is 0 Å². The fourth-order valence-electron chi connectivity index (χ4n) is 2.71. The summed E-state index contributed by atoms with van der Waals surface area (Å²) in [6.45, 7) is -0.122. The Bertz CT molecular complexity index is 886. The number of hydrogen-bond acceptors (Lipinski definition) is 4. The van der Waals surface area contributed by atoms with Crippen LogP contribution in [0.1, 0.15) is 20.7 Å². The smallest absolute Gasteiger partial charge is 0.339 e. The summed E-state index contributed by atoms with van der Waals surface area (Å²) in [6.07, 6.45) is 0. The van der Waals surface area contributed by atoms with E-state index in [1.807, 2.05) is 0 Å². The van der Waals surface area contributed by atoms with Gasteiger partial charge >= 0.3 is 11.9 Å². The van der Waals surface area contributed by atoms with Gasteiger partial charge in [-0.3, -0.25) is 0 Å². The number of benzene rings is 2. The van der Waals surface area contributed by atoms with E-state index in [2.05, 4.69) is 0 Å². The Morgan fingerprint density at radius 1 is 0.759 bits per heavy atom. The minimum Gasteiger partial charge on any atom is -0.462 e. The molecule has 29 heavy (non-hydrogen) atoms. The Morgan fingerprint density at radius 3 is 1.48 bits per heavy atom. The van der Waals surface area contributed by atoms with Gasteiger partial charge in [0.1, 0.15) is 4.33 Å². The number of carbonyl (C=O) groups is 2. The molecule has 0 aliphatic heterocycles. The van der Waals surface area contributed by atoms with Crippen LogP contribution in [0.5, 0.6) is 0 Å². The normalized spacial score (nSPS) is 19.5. The van der Waals surface area contributed by atoms with Gasteiger partial charge < -0.3 is 9.47 Å². The Labute approximate surface area is 196 Å². The molecule has 0 bridgehead atoms. The summed E-state index contributed by atoms with van der Waals surface area (Å²) in [7, 11) is 0.